The number of hydrogen-bond donors (Lipinski definition) is 2. The summed E-state index contributed by atoms with van der Waals surface area (Å²) in [5.74, 6) is 7.57. The van der Waals surface area contributed by atoms with Crippen LogP contribution >= 0.6 is 11.3 Å². The van der Waals surface area contributed by atoms with Crippen molar-refractivity contribution in [2.75, 3.05) is 37.5 Å². The molecule has 0 amide bonds. The Kier molecular flexibility index (Phi) is 3.49. The van der Waals surface area contributed by atoms with Crippen molar-refractivity contribution in [2.24, 2.45) is 11.8 Å². The first-order chi connectivity index (χ1) is 9.60. The van der Waals surface area contributed by atoms with Gasteiger partial charge in [-0.2, -0.15) is 4.98 Å². The zero-order chi connectivity index (χ0) is 14.3. The molecule has 2 aromatic heterocycles. The highest BCUT2D eigenvalue weighted by molar-refractivity contribution is 7.16. The Bertz CT molecular complexity index is 610. The second-order valence-electron chi connectivity index (χ2n) is 5.57. The average molecular weight is 292 g/mol. The normalized spacial score (nSPS) is 22.9. The number of likely N-dealkylation sites (N-methyl/N-ethyl adjacent to an activating group) is 1. The summed E-state index contributed by atoms with van der Waals surface area (Å²) in [4.78, 5) is 14.6. The van der Waals surface area contributed by atoms with Crippen LogP contribution in [-0.4, -0.2) is 48.1 Å². The molecule has 108 valence electrons. The summed E-state index contributed by atoms with van der Waals surface area (Å²) >= 11 is 1.61. The van der Waals surface area contributed by atoms with Gasteiger partial charge >= 0.3 is 0 Å². The fraction of sp³-hybridized carbons (Fsp3) is 0.538. The maximum Gasteiger partial charge on any atom is 0.240 e. The van der Waals surface area contributed by atoms with E-state index in [1.54, 1.807) is 11.3 Å². The lowest BCUT2D eigenvalue weighted by molar-refractivity contribution is 0.266. The first kappa shape index (κ1) is 13.5. The molecule has 1 aliphatic rings. The first-order valence-corrected chi connectivity index (χ1v) is 7.61. The molecule has 6 nitrogen and oxygen atoms in total. The van der Waals surface area contributed by atoms with Crippen LogP contribution in [0.25, 0.3) is 10.2 Å². The van der Waals surface area contributed by atoms with Crippen LogP contribution in [0.15, 0.2) is 11.4 Å². The van der Waals surface area contributed by atoms with Crippen LogP contribution in [0.4, 0.5) is 11.8 Å². The van der Waals surface area contributed by atoms with Crippen molar-refractivity contribution in [2.45, 2.75) is 13.0 Å². The molecular weight excluding hydrogens is 272 g/mol. The first-order valence-electron chi connectivity index (χ1n) is 6.73. The minimum atomic E-state index is 0.482. The number of hydrazine groups is 1. The van der Waals surface area contributed by atoms with Crippen molar-refractivity contribution in [1.29, 1.82) is 0 Å². The van der Waals surface area contributed by atoms with Gasteiger partial charge in [-0.1, -0.05) is 6.92 Å². The van der Waals surface area contributed by atoms with Crippen molar-refractivity contribution >= 4 is 33.3 Å². The second-order valence-corrected chi connectivity index (χ2v) is 6.46. The Morgan fingerprint density at radius 2 is 2.20 bits per heavy atom. The van der Waals surface area contributed by atoms with Crippen molar-refractivity contribution in [3.63, 3.8) is 0 Å². The maximum absolute atomic E-state index is 5.48. The van der Waals surface area contributed by atoms with Gasteiger partial charge in [-0.05, 0) is 31.5 Å². The van der Waals surface area contributed by atoms with E-state index in [0.717, 1.165) is 29.1 Å². The van der Waals surface area contributed by atoms with E-state index < -0.39 is 0 Å². The zero-order valence-electron chi connectivity index (χ0n) is 12.0. The average Bonchev–Trinajstić information content (AvgIpc) is 3.03. The quantitative estimate of drug-likeness (QED) is 0.657. The van der Waals surface area contributed by atoms with E-state index in [9.17, 15) is 0 Å². The highest BCUT2D eigenvalue weighted by Gasteiger charge is 2.32. The number of nitrogens with zero attached hydrogens (tertiary/aromatic N) is 4. The molecule has 0 saturated carbocycles. The van der Waals surface area contributed by atoms with Gasteiger partial charge in [-0.3, -0.25) is 5.43 Å². The van der Waals surface area contributed by atoms with E-state index in [1.165, 1.54) is 0 Å². The number of thiophene rings is 1. The van der Waals surface area contributed by atoms with Gasteiger partial charge in [0, 0.05) is 19.1 Å². The minimum absolute atomic E-state index is 0.482. The van der Waals surface area contributed by atoms with E-state index in [1.807, 2.05) is 5.38 Å². The summed E-state index contributed by atoms with van der Waals surface area (Å²) in [7, 11) is 4.27. The molecule has 1 saturated heterocycles. The van der Waals surface area contributed by atoms with Gasteiger partial charge in [0.1, 0.15) is 10.6 Å². The van der Waals surface area contributed by atoms with Crippen LogP contribution in [0, 0.1) is 5.92 Å². The highest BCUT2D eigenvalue weighted by atomic mass is 32.1. The molecule has 3 heterocycles. The second kappa shape index (κ2) is 5.16. The number of hydrogen-bond acceptors (Lipinski definition) is 7. The molecule has 3 rings (SSSR count). The minimum Gasteiger partial charge on any atom is -0.354 e. The molecule has 3 N–H and O–H groups in total. The van der Waals surface area contributed by atoms with Gasteiger partial charge < -0.3 is 9.80 Å². The van der Waals surface area contributed by atoms with E-state index >= 15 is 0 Å². The molecule has 0 spiro atoms. The third-order valence-corrected chi connectivity index (χ3v) is 4.78. The van der Waals surface area contributed by atoms with Gasteiger partial charge in [-0.25, -0.2) is 10.8 Å². The topological polar surface area (TPSA) is 70.3 Å². The molecule has 2 unspecified atom stereocenters. The molecule has 7 heteroatoms. The predicted molar refractivity (Wildman–Crippen MR) is 84.1 cm³/mol. The van der Waals surface area contributed by atoms with Crippen LogP contribution in [0.5, 0.6) is 0 Å². The summed E-state index contributed by atoms with van der Waals surface area (Å²) in [6, 6.07) is 2.64. The Labute approximate surface area is 122 Å². The van der Waals surface area contributed by atoms with Gasteiger partial charge in [-0.15, -0.1) is 11.3 Å². The Morgan fingerprint density at radius 1 is 1.40 bits per heavy atom. The van der Waals surface area contributed by atoms with E-state index in [0.29, 0.717) is 17.9 Å². The number of rotatable bonds is 3. The number of nitrogen functional groups attached to an aromatic ring is 1. The summed E-state index contributed by atoms with van der Waals surface area (Å²) in [6.45, 7) is 4.29. The summed E-state index contributed by atoms with van der Waals surface area (Å²) in [5.41, 5.74) is 2.57. The fourth-order valence-corrected chi connectivity index (χ4v) is 3.70. The standard InChI is InChI=1S/C13H20N6S/c1-8-6-19(7-10(8)18(2)3)11-9-4-5-20-12(9)16-13(15-11)17-14/h4-5,8,10H,6-7,14H2,1-3H3,(H,15,16,17). The molecule has 0 aliphatic carbocycles. The number of aromatic nitrogens is 2. The molecule has 2 atom stereocenters. The lowest BCUT2D eigenvalue weighted by Crippen LogP contribution is -2.34. The van der Waals surface area contributed by atoms with E-state index in [4.69, 9.17) is 5.84 Å². The van der Waals surface area contributed by atoms with Crippen molar-refractivity contribution in [1.82, 2.24) is 14.9 Å². The molecule has 1 aliphatic heterocycles. The molecular formula is C13H20N6S. The van der Waals surface area contributed by atoms with Crippen LogP contribution in [0.1, 0.15) is 6.92 Å². The summed E-state index contributed by atoms with van der Waals surface area (Å²) < 4.78 is 0. The van der Waals surface area contributed by atoms with Crippen LogP contribution in [0.2, 0.25) is 0 Å². The van der Waals surface area contributed by atoms with Crippen LogP contribution in [-0.2, 0) is 0 Å². The largest absolute Gasteiger partial charge is 0.354 e. The lowest BCUT2D eigenvalue weighted by Gasteiger charge is -2.23. The van der Waals surface area contributed by atoms with E-state index in [2.05, 4.69) is 52.3 Å². The van der Waals surface area contributed by atoms with Gasteiger partial charge in [0.25, 0.3) is 0 Å². The molecule has 0 aromatic carbocycles. The van der Waals surface area contributed by atoms with Crippen molar-refractivity contribution < 1.29 is 0 Å². The van der Waals surface area contributed by atoms with Crippen molar-refractivity contribution in [3.05, 3.63) is 11.4 Å². The highest BCUT2D eigenvalue weighted by Crippen LogP contribution is 2.32. The maximum atomic E-state index is 5.48. The molecule has 2 aromatic rings. The zero-order valence-corrected chi connectivity index (χ0v) is 12.8. The predicted octanol–water partition coefficient (Wildman–Crippen LogP) is 1.36. The third kappa shape index (κ3) is 2.21. The Morgan fingerprint density at radius 3 is 2.85 bits per heavy atom. The molecule has 0 radical (unpaired) electrons. The van der Waals surface area contributed by atoms with Crippen LogP contribution < -0.4 is 16.2 Å². The molecule has 0 bridgehead atoms. The lowest BCUT2D eigenvalue weighted by atomic mass is 10.1. The Balaban J connectivity index is 2.00. The molecule has 20 heavy (non-hydrogen) atoms. The SMILES string of the molecule is CC1CN(c2nc(NN)nc3sccc23)CC1N(C)C. The van der Waals surface area contributed by atoms with Gasteiger partial charge in [0.15, 0.2) is 0 Å². The Hall–Kier alpha value is -1.44. The number of anilines is 2. The summed E-state index contributed by atoms with van der Waals surface area (Å²) in [5, 5.41) is 3.16. The number of nitrogens with two attached hydrogens (primary N) is 1. The van der Waals surface area contributed by atoms with Gasteiger partial charge in [0.05, 0.1) is 5.39 Å². The summed E-state index contributed by atoms with van der Waals surface area (Å²) in [6.07, 6.45) is 0. The monoisotopic (exact) mass is 292 g/mol. The fourth-order valence-electron chi connectivity index (χ4n) is 2.94. The molecule has 1 fully saturated rings. The number of fused-ring (bicyclic) bond motifs is 1. The van der Waals surface area contributed by atoms with Crippen LogP contribution in [0.3, 0.4) is 0 Å². The van der Waals surface area contributed by atoms with E-state index in [-0.39, 0.29) is 0 Å². The van der Waals surface area contributed by atoms with Gasteiger partial charge in [0.2, 0.25) is 5.95 Å². The smallest absolute Gasteiger partial charge is 0.240 e. The number of nitrogens with one attached hydrogen (secondary N) is 1. The third-order valence-electron chi connectivity index (χ3n) is 3.97. The van der Waals surface area contributed by atoms with Crippen molar-refractivity contribution in [3.8, 4) is 0 Å².